The SMILES string of the molecule is CC(C)(C)c1cc(OCCN)cc(-n2nc3ccc(SCCN)cc3n2)c1O. The van der Waals surface area contributed by atoms with E-state index in [2.05, 4.69) is 10.2 Å². The zero-order valence-electron chi connectivity index (χ0n) is 16.5. The fourth-order valence-corrected chi connectivity index (χ4v) is 3.56. The first-order valence-electron chi connectivity index (χ1n) is 9.24. The summed E-state index contributed by atoms with van der Waals surface area (Å²) in [7, 11) is 0. The van der Waals surface area contributed by atoms with Gasteiger partial charge in [0.05, 0.1) is 0 Å². The molecule has 3 rings (SSSR count). The molecule has 0 atom stereocenters. The standard InChI is InChI=1S/C20H27N5O2S/c1-20(2,3)15-10-13(27-8-6-21)11-18(19(15)26)25-23-16-5-4-14(28-9-7-22)12-17(16)24-25/h4-5,10-12,26H,6-9,21-22H2,1-3H3. The molecule has 0 radical (unpaired) electrons. The van der Waals surface area contributed by atoms with Gasteiger partial charge in [-0.05, 0) is 29.7 Å². The van der Waals surface area contributed by atoms with Crippen LogP contribution in [0.5, 0.6) is 11.5 Å². The molecule has 0 aliphatic rings. The van der Waals surface area contributed by atoms with Crippen LogP contribution in [0.1, 0.15) is 26.3 Å². The van der Waals surface area contributed by atoms with E-state index in [1.54, 1.807) is 17.8 Å². The highest BCUT2D eigenvalue weighted by atomic mass is 32.2. The van der Waals surface area contributed by atoms with Gasteiger partial charge in [-0.3, -0.25) is 0 Å². The van der Waals surface area contributed by atoms with Crippen molar-refractivity contribution in [1.29, 1.82) is 0 Å². The van der Waals surface area contributed by atoms with Crippen molar-refractivity contribution in [2.24, 2.45) is 11.5 Å². The first-order valence-corrected chi connectivity index (χ1v) is 10.2. The van der Waals surface area contributed by atoms with Crippen LogP contribution in [0.4, 0.5) is 0 Å². The number of phenols is 1. The van der Waals surface area contributed by atoms with Gasteiger partial charge in [0.2, 0.25) is 0 Å². The first-order chi connectivity index (χ1) is 13.3. The van der Waals surface area contributed by atoms with Gasteiger partial charge < -0.3 is 21.3 Å². The Balaban J connectivity index is 2.08. The Kier molecular flexibility index (Phi) is 6.12. The third-order valence-corrected chi connectivity index (χ3v) is 5.24. The number of fused-ring (bicyclic) bond motifs is 1. The minimum atomic E-state index is -0.278. The van der Waals surface area contributed by atoms with Crippen LogP contribution in [0, 0.1) is 0 Å². The second-order valence-electron chi connectivity index (χ2n) is 7.50. The molecule has 0 fully saturated rings. The maximum atomic E-state index is 10.9. The van der Waals surface area contributed by atoms with Crippen molar-refractivity contribution in [3.05, 3.63) is 35.9 Å². The number of benzene rings is 2. The number of ether oxygens (including phenoxy) is 1. The van der Waals surface area contributed by atoms with Crippen molar-refractivity contribution in [2.75, 3.05) is 25.4 Å². The molecule has 0 saturated heterocycles. The van der Waals surface area contributed by atoms with E-state index in [-0.39, 0.29) is 11.2 Å². The monoisotopic (exact) mass is 401 g/mol. The van der Waals surface area contributed by atoms with Crippen LogP contribution in [-0.4, -0.2) is 45.5 Å². The van der Waals surface area contributed by atoms with E-state index in [0.29, 0.717) is 31.1 Å². The Labute approximate surface area is 169 Å². The summed E-state index contributed by atoms with van der Waals surface area (Å²) in [4.78, 5) is 2.55. The fraction of sp³-hybridized carbons (Fsp3) is 0.400. The number of hydrogen-bond acceptors (Lipinski definition) is 7. The molecule has 0 saturated carbocycles. The van der Waals surface area contributed by atoms with Gasteiger partial charge in [0.25, 0.3) is 0 Å². The van der Waals surface area contributed by atoms with Crippen LogP contribution in [0.3, 0.4) is 0 Å². The lowest BCUT2D eigenvalue weighted by atomic mass is 9.86. The summed E-state index contributed by atoms with van der Waals surface area (Å²) in [5.74, 6) is 1.62. The molecule has 1 aromatic heterocycles. The van der Waals surface area contributed by atoms with Gasteiger partial charge >= 0.3 is 0 Å². The number of nitrogens with two attached hydrogens (primary N) is 2. The maximum absolute atomic E-state index is 10.9. The minimum Gasteiger partial charge on any atom is -0.505 e. The first kappa shape index (κ1) is 20.4. The van der Waals surface area contributed by atoms with Gasteiger partial charge in [-0.15, -0.1) is 26.8 Å². The van der Waals surface area contributed by atoms with E-state index in [4.69, 9.17) is 16.2 Å². The van der Waals surface area contributed by atoms with Crippen LogP contribution in [0.2, 0.25) is 0 Å². The quantitative estimate of drug-likeness (QED) is 0.522. The Hall–Kier alpha value is -2.29. The lowest BCUT2D eigenvalue weighted by Crippen LogP contribution is -2.15. The number of phenolic OH excluding ortho intramolecular Hbond substituents is 1. The summed E-state index contributed by atoms with van der Waals surface area (Å²) >= 11 is 1.68. The van der Waals surface area contributed by atoms with Crippen molar-refractivity contribution < 1.29 is 9.84 Å². The lowest BCUT2D eigenvalue weighted by Gasteiger charge is -2.23. The van der Waals surface area contributed by atoms with Gasteiger partial charge in [0.1, 0.15) is 34.8 Å². The molecule has 0 bridgehead atoms. The highest BCUT2D eigenvalue weighted by Gasteiger charge is 2.23. The molecular weight excluding hydrogens is 374 g/mol. The molecule has 0 unspecified atom stereocenters. The maximum Gasteiger partial charge on any atom is 0.147 e. The zero-order chi connectivity index (χ0) is 20.3. The zero-order valence-corrected chi connectivity index (χ0v) is 17.3. The van der Waals surface area contributed by atoms with Crippen LogP contribution in [-0.2, 0) is 5.41 Å². The van der Waals surface area contributed by atoms with Crippen molar-refractivity contribution in [3.63, 3.8) is 0 Å². The minimum absolute atomic E-state index is 0.144. The summed E-state index contributed by atoms with van der Waals surface area (Å²) < 4.78 is 5.73. The lowest BCUT2D eigenvalue weighted by molar-refractivity contribution is 0.325. The average molecular weight is 402 g/mol. The molecule has 7 nitrogen and oxygen atoms in total. The largest absolute Gasteiger partial charge is 0.505 e. The number of rotatable bonds is 7. The average Bonchev–Trinajstić information content (AvgIpc) is 3.07. The molecular formula is C20H27N5O2S. The molecule has 0 aliphatic heterocycles. The van der Waals surface area contributed by atoms with Crippen molar-refractivity contribution in [2.45, 2.75) is 31.1 Å². The molecule has 28 heavy (non-hydrogen) atoms. The van der Waals surface area contributed by atoms with Crippen molar-refractivity contribution >= 4 is 22.8 Å². The summed E-state index contributed by atoms with van der Waals surface area (Å²) in [6, 6.07) is 9.50. The Morgan fingerprint density at radius 2 is 1.82 bits per heavy atom. The summed E-state index contributed by atoms with van der Waals surface area (Å²) in [5.41, 5.74) is 13.6. The number of aromatic nitrogens is 3. The number of thioether (sulfide) groups is 1. The van der Waals surface area contributed by atoms with Gasteiger partial charge in [0.15, 0.2) is 0 Å². The third kappa shape index (κ3) is 4.40. The molecule has 3 aromatic rings. The molecule has 0 spiro atoms. The Bertz CT molecular complexity index is 965. The number of aromatic hydroxyl groups is 1. The highest BCUT2D eigenvalue weighted by molar-refractivity contribution is 7.99. The second-order valence-corrected chi connectivity index (χ2v) is 8.67. The molecule has 5 N–H and O–H groups in total. The normalized spacial score (nSPS) is 11.9. The topological polar surface area (TPSA) is 112 Å². The number of nitrogens with zero attached hydrogens (tertiary/aromatic N) is 3. The van der Waals surface area contributed by atoms with E-state index in [0.717, 1.165) is 27.2 Å². The van der Waals surface area contributed by atoms with E-state index >= 15 is 0 Å². The molecule has 1 heterocycles. The second kappa shape index (κ2) is 8.38. The molecule has 0 amide bonds. The third-order valence-electron chi connectivity index (χ3n) is 4.21. The smallest absolute Gasteiger partial charge is 0.147 e. The molecule has 2 aromatic carbocycles. The van der Waals surface area contributed by atoms with Crippen molar-refractivity contribution in [1.82, 2.24) is 15.0 Å². The van der Waals surface area contributed by atoms with Gasteiger partial charge in [0, 0.05) is 35.4 Å². The van der Waals surface area contributed by atoms with Crippen LogP contribution in [0.15, 0.2) is 35.2 Å². The van der Waals surface area contributed by atoms with E-state index in [1.807, 2.05) is 45.0 Å². The van der Waals surface area contributed by atoms with Crippen LogP contribution in [0.25, 0.3) is 16.7 Å². The van der Waals surface area contributed by atoms with Crippen molar-refractivity contribution in [3.8, 4) is 17.2 Å². The van der Waals surface area contributed by atoms with Gasteiger partial charge in [-0.2, -0.15) is 0 Å². The molecule has 8 heteroatoms. The van der Waals surface area contributed by atoms with E-state index in [1.165, 1.54) is 4.80 Å². The van der Waals surface area contributed by atoms with Crippen LogP contribution >= 0.6 is 11.8 Å². The molecule has 0 aliphatic carbocycles. The summed E-state index contributed by atoms with van der Waals surface area (Å²) in [5, 5.41) is 20.0. The number of hydrogen-bond donors (Lipinski definition) is 3. The predicted molar refractivity (Wildman–Crippen MR) is 114 cm³/mol. The Morgan fingerprint density at radius 1 is 1.07 bits per heavy atom. The van der Waals surface area contributed by atoms with E-state index in [9.17, 15) is 5.11 Å². The highest BCUT2D eigenvalue weighted by Crippen LogP contribution is 2.38. The Morgan fingerprint density at radius 3 is 2.50 bits per heavy atom. The fourth-order valence-electron chi connectivity index (χ4n) is 2.85. The summed E-state index contributed by atoms with van der Waals surface area (Å²) in [6.07, 6.45) is 0. The van der Waals surface area contributed by atoms with E-state index < -0.39 is 0 Å². The van der Waals surface area contributed by atoms with Gasteiger partial charge in [-0.1, -0.05) is 20.8 Å². The van der Waals surface area contributed by atoms with Crippen LogP contribution < -0.4 is 16.2 Å². The predicted octanol–water partition coefficient (Wildman–Crippen LogP) is 2.81. The van der Waals surface area contributed by atoms with Gasteiger partial charge in [-0.25, -0.2) is 0 Å². The molecule has 150 valence electrons. The summed E-state index contributed by atoms with van der Waals surface area (Å²) in [6.45, 7) is 7.53.